The van der Waals surface area contributed by atoms with Gasteiger partial charge >= 0.3 is 6.18 Å². The van der Waals surface area contributed by atoms with Gasteiger partial charge in [-0.1, -0.05) is 19.1 Å². The van der Waals surface area contributed by atoms with Gasteiger partial charge in [-0.15, -0.1) is 5.10 Å². The molecule has 6 rings (SSSR count). The summed E-state index contributed by atoms with van der Waals surface area (Å²) in [5, 5.41) is 7.16. The lowest BCUT2D eigenvalue weighted by Crippen LogP contribution is -2.51. The normalized spacial score (nSPS) is 14.7. The van der Waals surface area contributed by atoms with Crippen molar-refractivity contribution in [2.24, 2.45) is 0 Å². The van der Waals surface area contributed by atoms with Crippen LogP contribution in [0.3, 0.4) is 0 Å². The first kappa shape index (κ1) is 34.7. The molecule has 2 aromatic carbocycles. The summed E-state index contributed by atoms with van der Waals surface area (Å²) in [5.41, 5.74) is 0.921. The van der Waals surface area contributed by atoms with Crippen LogP contribution in [0.15, 0.2) is 41.2 Å². The fourth-order valence-electron chi connectivity index (χ4n) is 6.42. The summed E-state index contributed by atoms with van der Waals surface area (Å²) in [4.78, 5) is 50.6. The fraction of sp³-hybridized carbons (Fsp3) is 0.406. The number of hydrogen-bond donors (Lipinski definition) is 2. The molecule has 1 fully saturated rings. The minimum Gasteiger partial charge on any atom is -0.362 e. The van der Waals surface area contributed by atoms with Crippen LogP contribution in [0.2, 0.25) is 0 Å². The molecule has 14 nitrogen and oxygen atoms in total. The van der Waals surface area contributed by atoms with Crippen molar-refractivity contribution in [3.8, 4) is 0 Å². The summed E-state index contributed by atoms with van der Waals surface area (Å²) in [6.07, 6.45) is -2.49. The van der Waals surface area contributed by atoms with Gasteiger partial charge in [0.1, 0.15) is 12.2 Å². The number of alkyl halides is 3. The van der Waals surface area contributed by atoms with Gasteiger partial charge in [-0.2, -0.15) is 22.7 Å². The summed E-state index contributed by atoms with van der Waals surface area (Å²) in [6.45, 7) is 2.46. The lowest BCUT2D eigenvalue weighted by molar-refractivity contribution is -0.138. The molecule has 0 radical (unpaired) electrons. The fourth-order valence-corrected chi connectivity index (χ4v) is 7.00. The van der Waals surface area contributed by atoms with E-state index >= 15 is 0 Å². The molecule has 2 N–H and O–H groups in total. The van der Waals surface area contributed by atoms with E-state index in [1.807, 2.05) is 11.8 Å². The topological polar surface area (TPSA) is 154 Å². The summed E-state index contributed by atoms with van der Waals surface area (Å²) in [7, 11) is -0.217. The Labute approximate surface area is 285 Å². The quantitative estimate of drug-likeness (QED) is 0.266. The van der Waals surface area contributed by atoms with Crippen molar-refractivity contribution >= 4 is 50.6 Å². The van der Waals surface area contributed by atoms with Crippen molar-refractivity contribution in [1.29, 1.82) is 0 Å². The molecular weight excluding hydrogens is 679 g/mol. The SMILES string of the molecule is CCc1c(N2CCN(C(=O)c3ccccc3NS(C)(=O)=O)CC2)c(=O)n2nc(N(C)C)nc2n1CC(=O)Nc1ccc(C(F)(F)F)c2c1CC2. The number of halogens is 3. The number of rotatable bonds is 9. The van der Waals surface area contributed by atoms with Crippen LogP contribution < -0.4 is 25.4 Å². The maximum Gasteiger partial charge on any atom is 0.416 e. The van der Waals surface area contributed by atoms with Crippen molar-refractivity contribution in [1.82, 2.24) is 24.1 Å². The predicted octanol–water partition coefficient (Wildman–Crippen LogP) is 2.61. The van der Waals surface area contributed by atoms with Crippen molar-refractivity contribution in [3.63, 3.8) is 0 Å². The second-order valence-electron chi connectivity index (χ2n) is 12.4. The molecule has 50 heavy (non-hydrogen) atoms. The number of fused-ring (bicyclic) bond motifs is 2. The van der Waals surface area contributed by atoms with E-state index in [4.69, 9.17) is 0 Å². The van der Waals surface area contributed by atoms with Crippen molar-refractivity contribution in [2.45, 2.75) is 38.9 Å². The average molecular weight is 716 g/mol. The maximum absolute atomic E-state index is 14.0. The summed E-state index contributed by atoms with van der Waals surface area (Å²) in [5.74, 6) is -0.534. The van der Waals surface area contributed by atoms with Gasteiger partial charge in [0.15, 0.2) is 0 Å². The van der Waals surface area contributed by atoms with Gasteiger partial charge in [0, 0.05) is 46.0 Å². The largest absolute Gasteiger partial charge is 0.416 e. The average Bonchev–Trinajstić information content (AvgIpc) is 3.48. The second-order valence-corrected chi connectivity index (χ2v) is 14.2. The number of anilines is 4. The van der Waals surface area contributed by atoms with Crippen molar-refractivity contribution in [2.75, 3.05) is 66.4 Å². The van der Waals surface area contributed by atoms with E-state index < -0.39 is 33.2 Å². The zero-order chi connectivity index (χ0) is 36.1. The number of para-hydroxylation sites is 1. The lowest BCUT2D eigenvalue weighted by Gasteiger charge is -2.37. The number of hydrogen-bond acceptors (Lipinski definition) is 9. The van der Waals surface area contributed by atoms with Crippen LogP contribution in [-0.2, 0) is 46.8 Å². The monoisotopic (exact) mass is 715 g/mol. The van der Waals surface area contributed by atoms with E-state index in [2.05, 4.69) is 20.1 Å². The van der Waals surface area contributed by atoms with Crippen LogP contribution in [0.1, 0.15) is 39.7 Å². The van der Waals surface area contributed by atoms with Crippen molar-refractivity contribution < 1.29 is 31.2 Å². The standard InChI is InChI=1S/C32H36F3N9O5S/c1-5-25-27(41-14-16-42(17-15-41)28(46)21-8-6-7-9-24(21)39-50(4,48)49)29(47)44-31(37-30(38-44)40(2)3)43(25)18-26(45)36-23-13-12-22(32(33,34)35)19-10-11-20(19)23/h6-9,12-13,39H,5,10-11,14-18H2,1-4H3,(H,36,45). The number of nitrogens with one attached hydrogen (secondary N) is 2. The maximum atomic E-state index is 14.0. The van der Waals surface area contributed by atoms with E-state index in [1.165, 1.54) is 12.1 Å². The Hall–Kier alpha value is -5.13. The zero-order valence-electron chi connectivity index (χ0n) is 27.8. The molecule has 3 heterocycles. The number of aromatic nitrogens is 4. The first-order valence-corrected chi connectivity index (χ1v) is 17.8. The third-order valence-electron chi connectivity index (χ3n) is 8.82. The Kier molecular flexibility index (Phi) is 9.00. The molecule has 0 saturated carbocycles. The molecule has 0 atom stereocenters. The summed E-state index contributed by atoms with van der Waals surface area (Å²) in [6, 6.07) is 8.56. The zero-order valence-corrected chi connectivity index (χ0v) is 28.7. The van der Waals surface area contributed by atoms with E-state index in [0.29, 0.717) is 29.8 Å². The number of nitrogens with zero attached hydrogens (tertiary/aromatic N) is 7. The highest BCUT2D eigenvalue weighted by Crippen LogP contribution is 2.41. The van der Waals surface area contributed by atoms with Crippen LogP contribution in [0.4, 0.5) is 36.2 Å². The Morgan fingerprint density at radius 3 is 2.26 bits per heavy atom. The molecule has 1 aliphatic carbocycles. The number of carbonyl (C=O) groups excluding carboxylic acids is 2. The molecule has 0 spiro atoms. The Balaban J connectivity index is 1.30. The summed E-state index contributed by atoms with van der Waals surface area (Å²) >= 11 is 0. The van der Waals surface area contributed by atoms with E-state index in [9.17, 15) is 36.0 Å². The lowest BCUT2D eigenvalue weighted by atomic mass is 9.83. The van der Waals surface area contributed by atoms with Gasteiger partial charge in [-0.25, -0.2) is 8.42 Å². The van der Waals surface area contributed by atoms with Gasteiger partial charge in [0.25, 0.3) is 11.5 Å². The van der Waals surface area contributed by atoms with Crippen LogP contribution in [0.25, 0.3) is 5.78 Å². The molecule has 266 valence electrons. The molecule has 2 aliphatic rings. The minimum atomic E-state index is -4.49. The number of sulfonamides is 1. The minimum absolute atomic E-state index is 0.124. The molecule has 18 heteroatoms. The van der Waals surface area contributed by atoms with E-state index in [-0.39, 0.29) is 79.3 Å². The number of carbonyl (C=O) groups is 2. The van der Waals surface area contributed by atoms with E-state index in [0.717, 1.165) is 16.8 Å². The Bertz CT molecular complexity index is 2170. The first-order valence-electron chi connectivity index (χ1n) is 15.9. The number of amides is 2. The molecule has 2 amide bonds. The van der Waals surface area contributed by atoms with Gasteiger partial charge in [0.2, 0.25) is 27.7 Å². The number of benzene rings is 2. The smallest absolute Gasteiger partial charge is 0.362 e. The third kappa shape index (κ3) is 6.58. The predicted molar refractivity (Wildman–Crippen MR) is 181 cm³/mol. The molecule has 1 saturated heterocycles. The molecule has 2 aromatic heterocycles. The Morgan fingerprint density at radius 2 is 1.66 bits per heavy atom. The van der Waals surface area contributed by atoms with Gasteiger partial charge in [-0.3, -0.25) is 19.1 Å². The van der Waals surface area contributed by atoms with Crippen LogP contribution in [-0.4, -0.2) is 90.8 Å². The summed E-state index contributed by atoms with van der Waals surface area (Å²) < 4.78 is 69.3. The highest BCUT2D eigenvalue weighted by Gasteiger charge is 2.37. The first-order chi connectivity index (χ1) is 23.6. The molecule has 0 bridgehead atoms. The Morgan fingerprint density at radius 1 is 0.980 bits per heavy atom. The van der Waals surface area contributed by atoms with Gasteiger partial charge in [0.05, 0.1) is 28.8 Å². The van der Waals surface area contributed by atoms with Crippen LogP contribution in [0.5, 0.6) is 0 Å². The molecule has 4 aromatic rings. The molecular formula is C32H36F3N9O5S. The van der Waals surface area contributed by atoms with Crippen LogP contribution in [0, 0.1) is 0 Å². The second kappa shape index (κ2) is 13.0. The highest BCUT2D eigenvalue weighted by atomic mass is 32.2. The molecule has 1 aliphatic heterocycles. The van der Waals surface area contributed by atoms with Crippen molar-refractivity contribution in [3.05, 3.63) is 74.7 Å². The third-order valence-corrected chi connectivity index (χ3v) is 9.41. The number of piperazine rings is 1. The van der Waals surface area contributed by atoms with E-state index in [1.54, 1.807) is 46.7 Å². The van der Waals surface area contributed by atoms with Crippen LogP contribution >= 0.6 is 0 Å². The van der Waals surface area contributed by atoms with Gasteiger partial charge in [-0.05, 0) is 54.7 Å². The van der Waals surface area contributed by atoms with Gasteiger partial charge < -0.3 is 24.6 Å². The highest BCUT2D eigenvalue weighted by molar-refractivity contribution is 7.92. The molecule has 0 unspecified atom stereocenters.